The Morgan fingerprint density at radius 3 is 2.87 bits per heavy atom. The summed E-state index contributed by atoms with van der Waals surface area (Å²) in [6.07, 6.45) is 7.63. The first-order chi connectivity index (χ1) is 7.18. The molecule has 2 heteroatoms. The van der Waals surface area contributed by atoms with Crippen LogP contribution in [0.5, 0.6) is 0 Å². The van der Waals surface area contributed by atoms with Gasteiger partial charge in [-0.15, -0.1) is 0 Å². The van der Waals surface area contributed by atoms with Gasteiger partial charge in [0.2, 0.25) is 0 Å². The maximum absolute atomic E-state index is 3.59. The summed E-state index contributed by atoms with van der Waals surface area (Å²) >= 11 is 0. The molecule has 0 aliphatic carbocycles. The van der Waals surface area contributed by atoms with Crippen LogP contribution >= 0.6 is 0 Å². The smallest absolute Gasteiger partial charge is 0.0139 e. The monoisotopic (exact) mass is 210 g/mol. The molecule has 88 valence electrons. The summed E-state index contributed by atoms with van der Waals surface area (Å²) in [7, 11) is 0. The molecule has 1 saturated heterocycles. The molecule has 2 unspecified atom stereocenters. The molecule has 2 atom stereocenters. The Balaban J connectivity index is 2.11. The fourth-order valence-electron chi connectivity index (χ4n) is 2.10. The van der Waals surface area contributed by atoms with E-state index in [0.29, 0.717) is 6.04 Å². The number of piperidine rings is 1. The molecule has 15 heavy (non-hydrogen) atoms. The number of hydrogen-bond acceptors (Lipinski definition) is 2. The van der Waals surface area contributed by atoms with Gasteiger partial charge in [0.15, 0.2) is 0 Å². The number of hydrogen-bond donors (Lipinski definition) is 2. The highest BCUT2D eigenvalue weighted by molar-refractivity contribution is 4.94. The molecular formula is C13H26N2. The van der Waals surface area contributed by atoms with Gasteiger partial charge in [-0.1, -0.05) is 18.1 Å². The van der Waals surface area contributed by atoms with Crippen molar-refractivity contribution in [2.24, 2.45) is 0 Å². The van der Waals surface area contributed by atoms with E-state index in [2.05, 4.69) is 37.5 Å². The highest BCUT2D eigenvalue weighted by atomic mass is 14.9. The molecule has 0 aromatic heterocycles. The van der Waals surface area contributed by atoms with Crippen molar-refractivity contribution in [3.8, 4) is 0 Å². The van der Waals surface area contributed by atoms with E-state index in [-0.39, 0.29) is 0 Å². The summed E-state index contributed by atoms with van der Waals surface area (Å²) in [5.74, 6) is 0. The highest BCUT2D eigenvalue weighted by Crippen LogP contribution is 2.11. The van der Waals surface area contributed by atoms with Crippen molar-refractivity contribution in [2.45, 2.75) is 58.5 Å². The molecule has 0 bridgehead atoms. The van der Waals surface area contributed by atoms with Crippen LogP contribution in [0, 0.1) is 0 Å². The van der Waals surface area contributed by atoms with Gasteiger partial charge in [0, 0.05) is 18.6 Å². The Bertz CT molecular complexity index is 189. The van der Waals surface area contributed by atoms with E-state index in [9.17, 15) is 0 Å². The average Bonchev–Trinajstić information content (AvgIpc) is 2.18. The molecule has 2 N–H and O–H groups in total. The normalized spacial score (nSPS) is 23.5. The summed E-state index contributed by atoms with van der Waals surface area (Å²) in [6, 6.07) is 1.36. The number of rotatable bonds is 5. The second kappa shape index (κ2) is 7.02. The SMILES string of the molecule is CC(C)=CCNC(C)CC1CCCCN1. The zero-order valence-electron chi connectivity index (χ0n) is 10.5. The van der Waals surface area contributed by atoms with Gasteiger partial charge in [-0.3, -0.25) is 0 Å². The fraction of sp³-hybridized carbons (Fsp3) is 0.846. The van der Waals surface area contributed by atoms with E-state index < -0.39 is 0 Å². The summed E-state index contributed by atoms with van der Waals surface area (Å²) in [5.41, 5.74) is 1.39. The van der Waals surface area contributed by atoms with Crippen molar-refractivity contribution in [2.75, 3.05) is 13.1 Å². The number of allylic oxidation sites excluding steroid dienone is 1. The van der Waals surface area contributed by atoms with Gasteiger partial charge in [-0.2, -0.15) is 0 Å². The van der Waals surface area contributed by atoms with E-state index in [4.69, 9.17) is 0 Å². The van der Waals surface area contributed by atoms with Crippen LogP contribution in [0.15, 0.2) is 11.6 Å². The molecule has 0 amide bonds. The van der Waals surface area contributed by atoms with Crippen LogP contribution in [-0.4, -0.2) is 25.2 Å². The summed E-state index contributed by atoms with van der Waals surface area (Å²) in [6.45, 7) is 8.81. The first-order valence-corrected chi connectivity index (χ1v) is 6.28. The molecule has 2 nitrogen and oxygen atoms in total. The third-order valence-corrected chi connectivity index (χ3v) is 3.03. The fourth-order valence-corrected chi connectivity index (χ4v) is 2.10. The quantitative estimate of drug-likeness (QED) is 0.681. The van der Waals surface area contributed by atoms with E-state index >= 15 is 0 Å². The Labute approximate surface area is 94.5 Å². The lowest BCUT2D eigenvalue weighted by Gasteiger charge is -2.26. The first kappa shape index (κ1) is 12.7. The van der Waals surface area contributed by atoms with E-state index in [1.807, 2.05) is 0 Å². The summed E-state index contributed by atoms with van der Waals surface area (Å²) in [5, 5.41) is 7.14. The third kappa shape index (κ3) is 5.95. The van der Waals surface area contributed by atoms with Gasteiger partial charge in [-0.25, -0.2) is 0 Å². The minimum atomic E-state index is 0.621. The molecule has 1 fully saturated rings. The van der Waals surface area contributed by atoms with Crippen molar-refractivity contribution in [1.82, 2.24) is 10.6 Å². The summed E-state index contributed by atoms with van der Waals surface area (Å²) < 4.78 is 0. The molecule has 0 saturated carbocycles. The van der Waals surface area contributed by atoms with Crippen LogP contribution in [0.25, 0.3) is 0 Å². The number of nitrogens with one attached hydrogen (secondary N) is 2. The van der Waals surface area contributed by atoms with Crippen LogP contribution in [-0.2, 0) is 0 Å². The standard InChI is InChI=1S/C13H26N2/c1-11(2)7-9-14-12(3)10-13-6-4-5-8-15-13/h7,12-15H,4-6,8-10H2,1-3H3. The molecule has 1 rings (SSSR count). The predicted octanol–water partition coefficient (Wildman–Crippen LogP) is 2.46. The van der Waals surface area contributed by atoms with E-state index in [1.165, 1.54) is 37.8 Å². The Morgan fingerprint density at radius 2 is 2.27 bits per heavy atom. The van der Waals surface area contributed by atoms with Crippen LogP contribution < -0.4 is 10.6 Å². The first-order valence-electron chi connectivity index (χ1n) is 6.28. The van der Waals surface area contributed by atoms with Gasteiger partial charge >= 0.3 is 0 Å². The van der Waals surface area contributed by atoms with Gasteiger partial charge in [0.05, 0.1) is 0 Å². The molecule has 0 aromatic carbocycles. The molecule has 0 aromatic rings. The second-order valence-corrected chi connectivity index (χ2v) is 4.97. The van der Waals surface area contributed by atoms with Crippen LogP contribution in [0.3, 0.4) is 0 Å². The highest BCUT2D eigenvalue weighted by Gasteiger charge is 2.14. The summed E-state index contributed by atoms with van der Waals surface area (Å²) in [4.78, 5) is 0. The van der Waals surface area contributed by atoms with Crippen molar-refractivity contribution >= 4 is 0 Å². The molecule has 0 spiro atoms. The second-order valence-electron chi connectivity index (χ2n) is 4.97. The zero-order chi connectivity index (χ0) is 11.1. The third-order valence-electron chi connectivity index (χ3n) is 3.03. The van der Waals surface area contributed by atoms with E-state index in [0.717, 1.165) is 12.6 Å². The molecular weight excluding hydrogens is 184 g/mol. The van der Waals surface area contributed by atoms with Crippen molar-refractivity contribution in [3.05, 3.63) is 11.6 Å². The topological polar surface area (TPSA) is 24.1 Å². The van der Waals surface area contributed by atoms with Gasteiger partial charge in [-0.05, 0) is 46.6 Å². The zero-order valence-corrected chi connectivity index (χ0v) is 10.5. The minimum Gasteiger partial charge on any atom is -0.314 e. The van der Waals surface area contributed by atoms with Crippen molar-refractivity contribution in [3.63, 3.8) is 0 Å². The van der Waals surface area contributed by atoms with Crippen LogP contribution in [0.2, 0.25) is 0 Å². The molecule has 1 aliphatic rings. The van der Waals surface area contributed by atoms with E-state index in [1.54, 1.807) is 0 Å². The van der Waals surface area contributed by atoms with Gasteiger partial charge in [0.1, 0.15) is 0 Å². The maximum atomic E-state index is 3.59. The Morgan fingerprint density at radius 1 is 1.47 bits per heavy atom. The lowest BCUT2D eigenvalue weighted by molar-refractivity contribution is 0.349. The van der Waals surface area contributed by atoms with Crippen LogP contribution in [0.1, 0.15) is 46.5 Å². The average molecular weight is 210 g/mol. The minimum absolute atomic E-state index is 0.621. The largest absolute Gasteiger partial charge is 0.314 e. The molecule has 0 radical (unpaired) electrons. The molecule has 1 aliphatic heterocycles. The lowest BCUT2D eigenvalue weighted by atomic mass is 9.99. The Kier molecular flexibility index (Phi) is 5.96. The van der Waals surface area contributed by atoms with Gasteiger partial charge < -0.3 is 10.6 Å². The Hall–Kier alpha value is -0.340. The lowest BCUT2D eigenvalue weighted by Crippen LogP contribution is -2.39. The molecule has 1 heterocycles. The van der Waals surface area contributed by atoms with Crippen molar-refractivity contribution < 1.29 is 0 Å². The predicted molar refractivity (Wildman–Crippen MR) is 67.2 cm³/mol. The van der Waals surface area contributed by atoms with Gasteiger partial charge in [0.25, 0.3) is 0 Å². The van der Waals surface area contributed by atoms with Crippen LogP contribution in [0.4, 0.5) is 0 Å². The van der Waals surface area contributed by atoms with Crippen molar-refractivity contribution in [1.29, 1.82) is 0 Å². The maximum Gasteiger partial charge on any atom is 0.0139 e.